The largest absolute Gasteiger partial charge is 0.473 e. The summed E-state index contributed by atoms with van der Waals surface area (Å²) in [6.45, 7) is 2.16. The Labute approximate surface area is 101 Å². The molecular formula is C11H16ClN3O. The van der Waals surface area contributed by atoms with Gasteiger partial charge in [0.15, 0.2) is 0 Å². The van der Waals surface area contributed by atoms with Gasteiger partial charge in [0.05, 0.1) is 24.0 Å². The zero-order valence-electron chi connectivity index (χ0n) is 9.40. The molecule has 2 rings (SSSR count). The van der Waals surface area contributed by atoms with Gasteiger partial charge in [0, 0.05) is 13.1 Å². The molecule has 1 aromatic rings. The Morgan fingerprint density at radius 2 is 2.12 bits per heavy atom. The molecule has 0 bridgehead atoms. The first-order valence-corrected chi connectivity index (χ1v) is 6.03. The monoisotopic (exact) mass is 241 g/mol. The summed E-state index contributed by atoms with van der Waals surface area (Å²) in [5.41, 5.74) is 0.775. The molecule has 2 heterocycles. The molecule has 0 spiro atoms. The molecule has 1 saturated heterocycles. The van der Waals surface area contributed by atoms with E-state index in [2.05, 4.69) is 21.9 Å². The lowest BCUT2D eigenvalue weighted by molar-refractivity contribution is 0.109. The minimum Gasteiger partial charge on any atom is -0.473 e. The van der Waals surface area contributed by atoms with E-state index in [1.54, 1.807) is 12.4 Å². The van der Waals surface area contributed by atoms with Gasteiger partial charge < -0.3 is 9.64 Å². The Bertz CT molecular complexity index is 323. The van der Waals surface area contributed by atoms with Crippen molar-refractivity contribution < 1.29 is 4.74 Å². The fraction of sp³-hybridized carbons (Fsp3) is 0.636. The van der Waals surface area contributed by atoms with E-state index in [0.717, 1.165) is 31.6 Å². The predicted molar refractivity (Wildman–Crippen MR) is 62.7 cm³/mol. The first kappa shape index (κ1) is 11.6. The van der Waals surface area contributed by atoms with Crippen LogP contribution in [0, 0.1) is 0 Å². The van der Waals surface area contributed by atoms with Crippen LogP contribution in [0.4, 0.5) is 0 Å². The third-order valence-electron chi connectivity index (χ3n) is 2.77. The molecule has 0 unspecified atom stereocenters. The van der Waals surface area contributed by atoms with Crippen LogP contribution >= 0.6 is 11.6 Å². The lowest BCUT2D eigenvalue weighted by Crippen LogP contribution is -2.35. The summed E-state index contributed by atoms with van der Waals surface area (Å²) in [7, 11) is 2.13. The van der Waals surface area contributed by atoms with E-state index in [4.69, 9.17) is 16.3 Å². The van der Waals surface area contributed by atoms with Gasteiger partial charge >= 0.3 is 0 Å². The number of aromatic nitrogens is 2. The van der Waals surface area contributed by atoms with Crippen molar-refractivity contribution in [2.75, 3.05) is 20.1 Å². The van der Waals surface area contributed by atoms with Gasteiger partial charge in [0.1, 0.15) is 6.10 Å². The summed E-state index contributed by atoms with van der Waals surface area (Å²) in [4.78, 5) is 10.6. The summed E-state index contributed by atoms with van der Waals surface area (Å²) in [6, 6.07) is 0. The van der Waals surface area contributed by atoms with E-state index in [0.29, 0.717) is 11.8 Å². The van der Waals surface area contributed by atoms with Gasteiger partial charge in [-0.3, -0.25) is 4.98 Å². The molecule has 1 aliphatic heterocycles. The minimum absolute atomic E-state index is 0.271. The fourth-order valence-electron chi connectivity index (χ4n) is 1.75. The second-order valence-electron chi connectivity index (χ2n) is 4.10. The molecule has 0 amide bonds. The summed E-state index contributed by atoms with van der Waals surface area (Å²) in [5.74, 6) is 0.991. The highest BCUT2D eigenvalue weighted by Gasteiger charge is 2.18. The molecule has 1 fully saturated rings. The van der Waals surface area contributed by atoms with Crippen molar-refractivity contribution >= 4 is 11.6 Å². The molecule has 0 N–H and O–H groups in total. The minimum atomic E-state index is 0.271. The van der Waals surface area contributed by atoms with Crippen LogP contribution in [0.1, 0.15) is 18.5 Å². The Kier molecular flexibility index (Phi) is 3.96. The van der Waals surface area contributed by atoms with Gasteiger partial charge in [0.2, 0.25) is 5.88 Å². The second-order valence-corrected chi connectivity index (χ2v) is 4.37. The smallest absolute Gasteiger partial charge is 0.232 e. The molecule has 4 nitrogen and oxygen atoms in total. The Hall–Kier alpha value is -0.870. The summed E-state index contributed by atoms with van der Waals surface area (Å²) in [5, 5.41) is 0. The van der Waals surface area contributed by atoms with Crippen LogP contribution in [0.25, 0.3) is 0 Å². The molecule has 1 aromatic heterocycles. The molecule has 5 heteroatoms. The molecule has 0 aromatic carbocycles. The van der Waals surface area contributed by atoms with Gasteiger partial charge in [0.25, 0.3) is 0 Å². The molecule has 16 heavy (non-hydrogen) atoms. The quantitative estimate of drug-likeness (QED) is 0.755. The van der Waals surface area contributed by atoms with Crippen molar-refractivity contribution in [3.05, 3.63) is 18.1 Å². The maximum absolute atomic E-state index is 5.76. The van der Waals surface area contributed by atoms with Crippen LogP contribution < -0.4 is 4.74 Å². The highest BCUT2D eigenvalue weighted by atomic mass is 35.5. The maximum Gasteiger partial charge on any atom is 0.232 e. The first-order chi connectivity index (χ1) is 7.78. The molecule has 0 radical (unpaired) electrons. The van der Waals surface area contributed by atoms with Crippen LogP contribution in [0.3, 0.4) is 0 Å². The maximum atomic E-state index is 5.76. The van der Waals surface area contributed by atoms with Crippen LogP contribution in [0.15, 0.2) is 12.4 Å². The van der Waals surface area contributed by atoms with Crippen molar-refractivity contribution in [3.63, 3.8) is 0 Å². The van der Waals surface area contributed by atoms with E-state index in [1.165, 1.54) is 0 Å². The van der Waals surface area contributed by atoms with Gasteiger partial charge in [-0.25, -0.2) is 4.98 Å². The Balaban J connectivity index is 1.88. The zero-order valence-corrected chi connectivity index (χ0v) is 10.2. The van der Waals surface area contributed by atoms with Crippen molar-refractivity contribution in [1.29, 1.82) is 0 Å². The normalized spacial score (nSPS) is 18.6. The van der Waals surface area contributed by atoms with E-state index in [-0.39, 0.29) is 6.10 Å². The van der Waals surface area contributed by atoms with Crippen molar-refractivity contribution in [1.82, 2.24) is 14.9 Å². The standard InChI is InChI=1S/C11H16ClN3O/c1-15-4-2-10(3-5-15)16-11-8-13-9(6-12)7-14-11/h7-8,10H,2-6H2,1H3. The van der Waals surface area contributed by atoms with E-state index < -0.39 is 0 Å². The van der Waals surface area contributed by atoms with Crippen LogP contribution in [0.2, 0.25) is 0 Å². The topological polar surface area (TPSA) is 38.2 Å². The highest BCUT2D eigenvalue weighted by Crippen LogP contribution is 2.15. The number of hydrogen-bond acceptors (Lipinski definition) is 4. The van der Waals surface area contributed by atoms with Crippen LogP contribution in [-0.2, 0) is 5.88 Å². The van der Waals surface area contributed by atoms with Gasteiger partial charge in [-0.15, -0.1) is 11.6 Å². The lowest BCUT2D eigenvalue weighted by Gasteiger charge is -2.28. The third kappa shape index (κ3) is 3.06. The molecule has 0 atom stereocenters. The number of rotatable bonds is 3. The number of likely N-dealkylation sites (tertiary alicyclic amines) is 1. The van der Waals surface area contributed by atoms with E-state index in [1.807, 2.05) is 0 Å². The number of nitrogens with zero attached hydrogens (tertiary/aromatic N) is 3. The SMILES string of the molecule is CN1CCC(Oc2cnc(CCl)cn2)CC1. The highest BCUT2D eigenvalue weighted by molar-refractivity contribution is 6.16. The number of hydrogen-bond donors (Lipinski definition) is 0. The number of halogens is 1. The first-order valence-electron chi connectivity index (χ1n) is 5.50. The van der Waals surface area contributed by atoms with Crippen molar-refractivity contribution in [2.45, 2.75) is 24.8 Å². The third-order valence-corrected chi connectivity index (χ3v) is 3.05. The van der Waals surface area contributed by atoms with Crippen molar-refractivity contribution in [2.24, 2.45) is 0 Å². The van der Waals surface area contributed by atoms with Gasteiger partial charge in [-0.1, -0.05) is 0 Å². The van der Waals surface area contributed by atoms with Crippen LogP contribution in [0.5, 0.6) is 5.88 Å². The van der Waals surface area contributed by atoms with Crippen LogP contribution in [-0.4, -0.2) is 41.1 Å². The van der Waals surface area contributed by atoms with E-state index >= 15 is 0 Å². The fourth-order valence-corrected chi connectivity index (χ4v) is 1.88. The lowest BCUT2D eigenvalue weighted by atomic mass is 10.1. The Morgan fingerprint density at radius 3 is 2.69 bits per heavy atom. The summed E-state index contributed by atoms with van der Waals surface area (Å²) in [6.07, 6.45) is 5.69. The van der Waals surface area contributed by atoms with Crippen molar-refractivity contribution in [3.8, 4) is 5.88 Å². The molecule has 88 valence electrons. The average molecular weight is 242 g/mol. The van der Waals surface area contributed by atoms with E-state index in [9.17, 15) is 0 Å². The molecule has 0 aliphatic carbocycles. The second kappa shape index (κ2) is 5.46. The van der Waals surface area contributed by atoms with Gasteiger partial charge in [-0.05, 0) is 19.9 Å². The number of alkyl halides is 1. The molecule has 0 saturated carbocycles. The number of ether oxygens (including phenoxy) is 1. The average Bonchev–Trinajstić information content (AvgIpc) is 2.33. The molecule has 1 aliphatic rings. The Morgan fingerprint density at radius 1 is 1.38 bits per heavy atom. The summed E-state index contributed by atoms with van der Waals surface area (Å²) >= 11 is 5.64. The molecular weight excluding hydrogens is 226 g/mol. The number of piperidine rings is 1. The van der Waals surface area contributed by atoms with Gasteiger partial charge in [-0.2, -0.15) is 0 Å². The predicted octanol–water partition coefficient (Wildman–Crippen LogP) is 1.69. The zero-order chi connectivity index (χ0) is 11.4. The summed E-state index contributed by atoms with van der Waals surface area (Å²) < 4.78 is 5.76.